The Morgan fingerprint density at radius 3 is 2.95 bits per heavy atom. The number of benzene rings is 1. The molecule has 0 amide bonds. The van der Waals surface area contributed by atoms with Crippen molar-refractivity contribution in [2.45, 2.75) is 19.9 Å². The van der Waals surface area contributed by atoms with Crippen LogP contribution in [0.15, 0.2) is 34.7 Å². The van der Waals surface area contributed by atoms with E-state index in [2.05, 4.69) is 10.3 Å². The monoisotopic (exact) mass is 316 g/mol. The largest absolute Gasteiger partial charge is 0.476 e. The molecule has 114 valence electrons. The second-order valence-electron chi connectivity index (χ2n) is 4.99. The zero-order valence-corrected chi connectivity index (χ0v) is 12.9. The number of aromatic carboxylic acids is 1. The van der Waals surface area contributed by atoms with Crippen LogP contribution in [0.25, 0.3) is 11.0 Å². The first-order chi connectivity index (χ1) is 10.6. The van der Waals surface area contributed by atoms with Crippen molar-refractivity contribution in [1.29, 1.82) is 0 Å². The molecule has 6 heteroatoms. The van der Waals surface area contributed by atoms with Gasteiger partial charge in [-0.15, -0.1) is 11.3 Å². The number of carboxylic acid groups (broad SMARTS) is 1. The molecule has 1 aromatic carbocycles. The molecule has 0 bridgehead atoms. The minimum atomic E-state index is -0.963. The van der Waals surface area contributed by atoms with Gasteiger partial charge in [-0.1, -0.05) is 18.2 Å². The van der Waals surface area contributed by atoms with Crippen LogP contribution in [0.4, 0.5) is 0 Å². The summed E-state index contributed by atoms with van der Waals surface area (Å²) in [5.41, 5.74) is 1.05. The van der Waals surface area contributed by atoms with Crippen LogP contribution in [0.1, 0.15) is 26.1 Å². The lowest BCUT2D eigenvalue weighted by Crippen LogP contribution is -2.16. The maximum absolute atomic E-state index is 11.0. The van der Waals surface area contributed by atoms with Crippen LogP contribution in [0, 0.1) is 6.92 Å². The fraction of sp³-hybridized carbons (Fsp3) is 0.250. The third kappa shape index (κ3) is 3.18. The van der Waals surface area contributed by atoms with Gasteiger partial charge in [0.15, 0.2) is 5.69 Å². The number of carboxylic acids is 1. The molecule has 2 heterocycles. The Labute approximate surface area is 131 Å². The first-order valence-electron chi connectivity index (χ1n) is 7.01. The van der Waals surface area contributed by atoms with E-state index in [0.717, 1.165) is 33.2 Å². The minimum Gasteiger partial charge on any atom is -0.476 e. The van der Waals surface area contributed by atoms with Crippen LogP contribution in [-0.4, -0.2) is 22.6 Å². The van der Waals surface area contributed by atoms with E-state index < -0.39 is 5.97 Å². The molecule has 3 rings (SSSR count). The Balaban J connectivity index is 1.53. The molecule has 0 fully saturated rings. The zero-order valence-electron chi connectivity index (χ0n) is 12.1. The topological polar surface area (TPSA) is 75.4 Å². The van der Waals surface area contributed by atoms with Gasteiger partial charge in [0.1, 0.15) is 11.3 Å². The summed E-state index contributed by atoms with van der Waals surface area (Å²) in [6, 6.07) is 9.94. The molecule has 5 nitrogen and oxygen atoms in total. The molecule has 3 aromatic rings. The number of thiazole rings is 1. The highest BCUT2D eigenvalue weighted by atomic mass is 32.1. The Hall–Kier alpha value is -2.18. The molecule has 0 spiro atoms. The molecule has 0 aliphatic carbocycles. The molecule has 2 N–H and O–H groups in total. The highest BCUT2D eigenvalue weighted by molar-refractivity contribution is 7.11. The highest BCUT2D eigenvalue weighted by Gasteiger charge is 2.13. The molecule has 0 aliphatic heterocycles. The normalized spacial score (nSPS) is 11.1. The Kier molecular flexibility index (Phi) is 4.22. The number of furan rings is 1. The number of para-hydroxylation sites is 1. The molecule has 0 aliphatic rings. The van der Waals surface area contributed by atoms with E-state index in [1.165, 1.54) is 11.3 Å². The van der Waals surface area contributed by atoms with Crippen molar-refractivity contribution in [1.82, 2.24) is 10.3 Å². The Morgan fingerprint density at radius 2 is 2.23 bits per heavy atom. The summed E-state index contributed by atoms with van der Waals surface area (Å²) >= 11 is 1.44. The standard InChI is InChI=1S/C16H16N2O3S/c1-10-15(16(19)20)18-14(22-10)6-7-17-9-12-8-11-4-2-3-5-13(11)21-12/h2-5,8,17H,6-7,9H2,1H3,(H,19,20). The number of nitrogens with one attached hydrogen (secondary N) is 1. The highest BCUT2D eigenvalue weighted by Crippen LogP contribution is 2.19. The number of fused-ring (bicyclic) bond motifs is 1. The van der Waals surface area contributed by atoms with Gasteiger partial charge in [0.25, 0.3) is 0 Å². The van der Waals surface area contributed by atoms with Gasteiger partial charge in [-0.3, -0.25) is 0 Å². The Morgan fingerprint density at radius 1 is 1.41 bits per heavy atom. The van der Waals surface area contributed by atoms with Crippen molar-refractivity contribution in [2.24, 2.45) is 0 Å². The summed E-state index contributed by atoms with van der Waals surface area (Å²) in [5.74, 6) is -0.0713. The van der Waals surface area contributed by atoms with E-state index >= 15 is 0 Å². The third-order valence-electron chi connectivity index (χ3n) is 3.33. The Bertz CT molecular complexity index is 774. The van der Waals surface area contributed by atoms with Crippen LogP contribution in [0.3, 0.4) is 0 Å². The van der Waals surface area contributed by atoms with Crippen LogP contribution in [-0.2, 0) is 13.0 Å². The molecular weight excluding hydrogens is 300 g/mol. The predicted octanol–water partition coefficient (Wildman–Crippen LogP) is 3.23. The lowest BCUT2D eigenvalue weighted by atomic mass is 10.2. The summed E-state index contributed by atoms with van der Waals surface area (Å²) < 4.78 is 5.72. The van der Waals surface area contributed by atoms with Crippen molar-refractivity contribution in [3.63, 3.8) is 0 Å². The van der Waals surface area contributed by atoms with Gasteiger partial charge in [0.05, 0.1) is 11.6 Å². The average Bonchev–Trinajstić information content (AvgIpc) is 3.06. The second kappa shape index (κ2) is 6.29. The fourth-order valence-electron chi connectivity index (χ4n) is 2.29. The number of hydrogen-bond donors (Lipinski definition) is 2. The predicted molar refractivity (Wildman–Crippen MR) is 85.4 cm³/mol. The van der Waals surface area contributed by atoms with Crippen molar-refractivity contribution in [3.8, 4) is 0 Å². The van der Waals surface area contributed by atoms with Crippen LogP contribution in [0.2, 0.25) is 0 Å². The maximum atomic E-state index is 11.0. The average molecular weight is 316 g/mol. The lowest BCUT2D eigenvalue weighted by Gasteiger charge is -2.00. The molecule has 2 aromatic heterocycles. The van der Waals surface area contributed by atoms with Crippen LogP contribution >= 0.6 is 11.3 Å². The molecule has 0 radical (unpaired) electrons. The first kappa shape index (κ1) is 14.7. The molecular formula is C16H16N2O3S. The van der Waals surface area contributed by atoms with Crippen molar-refractivity contribution < 1.29 is 14.3 Å². The quantitative estimate of drug-likeness (QED) is 0.683. The summed E-state index contributed by atoms with van der Waals surface area (Å²) in [7, 11) is 0. The van der Waals surface area contributed by atoms with Gasteiger partial charge < -0.3 is 14.8 Å². The van der Waals surface area contributed by atoms with Crippen molar-refractivity contribution in [3.05, 3.63) is 51.7 Å². The van der Waals surface area contributed by atoms with Crippen LogP contribution < -0.4 is 5.32 Å². The number of aryl methyl sites for hydroxylation is 1. The van der Waals surface area contributed by atoms with E-state index in [1.807, 2.05) is 30.3 Å². The summed E-state index contributed by atoms with van der Waals surface area (Å²) in [4.78, 5) is 15.8. The fourth-order valence-corrected chi connectivity index (χ4v) is 3.21. The van der Waals surface area contributed by atoms with Gasteiger partial charge in [-0.2, -0.15) is 0 Å². The van der Waals surface area contributed by atoms with Gasteiger partial charge in [-0.05, 0) is 19.1 Å². The lowest BCUT2D eigenvalue weighted by molar-refractivity contribution is 0.0690. The second-order valence-corrected chi connectivity index (χ2v) is 6.28. The van der Waals surface area contributed by atoms with Crippen molar-refractivity contribution >= 4 is 28.3 Å². The van der Waals surface area contributed by atoms with Crippen molar-refractivity contribution in [2.75, 3.05) is 6.54 Å². The number of rotatable bonds is 6. The number of hydrogen-bond acceptors (Lipinski definition) is 5. The minimum absolute atomic E-state index is 0.164. The summed E-state index contributed by atoms with van der Waals surface area (Å²) in [6.07, 6.45) is 0.707. The van der Waals surface area contributed by atoms with Gasteiger partial charge in [0.2, 0.25) is 0 Å². The smallest absolute Gasteiger partial charge is 0.355 e. The van der Waals surface area contributed by atoms with E-state index in [4.69, 9.17) is 9.52 Å². The van der Waals surface area contributed by atoms with Gasteiger partial charge >= 0.3 is 5.97 Å². The zero-order chi connectivity index (χ0) is 15.5. The summed E-state index contributed by atoms with van der Waals surface area (Å²) in [5, 5.41) is 14.2. The maximum Gasteiger partial charge on any atom is 0.355 e. The van der Waals surface area contributed by atoms with Gasteiger partial charge in [-0.25, -0.2) is 9.78 Å². The van der Waals surface area contributed by atoms with E-state index in [9.17, 15) is 4.79 Å². The van der Waals surface area contributed by atoms with Gasteiger partial charge in [0, 0.05) is 23.2 Å². The molecule has 0 saturated carbocycles. The van der Waals surface area contributed by atoms with E-state index in [0.29, 0.717) is 13.0 Å². The number of carbonyl (C=O) groups is 1. The molecule has 0 atom stereocenters. The molecule has 0 saturated heterocycles. The van der Waals surface area contributed by atoms with E-state index in [1.54, 1.807) is 6.92 Å². The SMILES string of the molecule is Cc1sc(CCNCc2cc3ccccc3o2)nc1C(=O)O. The first-order valence-corrected chi connectivity index (χ1v) is 7.83. The third-order valence-corrected chi connectivity index (χ3v) is 4.37. The summed E-state index contributed by atoms with van der Waals surface area (Å²) in [6.45, 7) is 3.15. The molecule has 22 heavy (non-hydrogen) atoms. The van der Waals surface area contributed by atoms with E-state index in [-0.39, 0.29) is 5.69 Å². The molecule has 0 unspecified atom stereocenters. The number of aromatic nitrogens is 1. The van der Waals surface area contributed by atoms with Crippen LogP contribution in [0.5, 0.6) is 0 Å². The number of nitrogens with zero attached hydrogens (tertiary/aromatic N) is 1.